The molecule has 1 fully saturated rings. The van der Waals surface area contributed by atoms with Crippen molar-refractivity contribution in [3.05, 3.63) is 29.8 Å². The summed E-state index contributed by atoms with van der Waals surface area (Å²) in [6.07, 6.45) is 10.8. The normalized spacial score (nSPS) is 27.4. The van der Waals surface area contributed by atoms with Gasteiger partial charge in [0.1, 0.15) is 5.75 Å². The van der Waals surface area contributed by atoms with E-state index in [-0.39, 0.29) is 0 Å². The molecule has 0 bridgehead atoms. The molecule has 1 N–H and O–H groups in total. The van der Waals surface area contributed by atoms with Gasteiger partial charge in [-0.15, -0.1) is 0 Å². The highest BCUT2D eigenvalue weighted by Gasteiger charge is 2.36. The summed E-state index contributed by atoms with van der Waals surface area (Å²) < 4.78 is 0. The standard InChI is InChI=1S/C18H28O/c1-3-4-6-13-18(2)14-7-5-8-17(18)15-9-11-16(19)12-10-15/h9-12,17,19H,3-8,13-14H2,1-2H3/t17-,18-/m1/s1. The van der Waals surface area contributed by atoms with E-state index in [1.165, 1.54) is 56.9 Å². The molecule has 106 valence electrons. The molecular formula is C18H28O. The van der Waals surface area contributed by atoms with Gasteiger partial charge in [-0.3, -0.25) is 0 Å². The lowest BCUT2D eigenvalue weighted by atomic mass is 9.63. The number of benzene rings is 1. The fraction of sp³-hybridized carbons (Fsp3) is 0.667. The lowest BCUT2D eigenvalue weighted by molar-refractivity contribution is 0.154. The van der Waals surface area contributed by atoms with Gasteiger partial charge in [0.2, 0.25) is 0 Å². The van der Waals surface area contributed by atoms with E-state index < -0.39 is 0 Å². The summed E-state index contributed by atoms with van der Waals surface area (Å²) in [7, 11) is 0. The maximum atomic E-state index is 9.46. The molecule has 0 aromatic heterocycles. The van der Waals surface area contributed by atoms with E-state index in [2.05, 4.69) is 26.0 Å². The summed E-state index contributed by atoms with van der Waals surface area (Å²) in [5.74, 6) is 1.06. The highest BCUT2D eigenvalue weighted by atomic mass is 16.3. The molecule has 0 aliphatic heterocycles. The van der Waals surface area contributed by atoms with E-state index in [1.54, 1.807) is 0 Å². The van der Waals surface area contributed by atoms with Crippen LogP contribution in [0, 0.1) is 5.41 Å². The number of hydrogen-bond donors (Lipinski definition) is 1. The van der Waals surface area contributed by atoms with Crippen molar-refractivity contribution in [3.8, 4) is 5.75 Å². The lowest BCUT2D eigenvalue weighted by Crippen LogP contribution is -2.29. The van der Waals surface area contributed by atoms with Gasteiger partial charge >= 0.3 is 0 Å². The predicted molar refractivity (Wildman–Crippen MR) is 81.6 cm³/mol. The average molecular weight is 260 g/mol. The Morgan fingerprint density at radius 1 is 1.16 bits per heavy atom. The van der Waals surface area contributed by atoms with Gasteiger partial charge in [0.15, 0.2) is 0 Å². The van der Waals surface area contributed by atoms with Crippen LogP contribution in [0.3, 0.4) is 0 Å². The molecule has 0 amide bonds. The van der Waals surface area contributed by atoms with Crippen molar-refractivity contribution in [2.45, 2.75) is 71.1 Å². The first-order valence-corrected chi connectivity index (χ1v) is 7.94. The SMILES string of the molecule is CCCCC[C@]1(C)CCCC[C@@H]1c1ccc(O)cc1. The minimum atomic E-state index is 0.382. The first-order chi connectivity index (χ1) is 9.15. The van der Waals surface area contributed by atoms with Crippen LogP contribution in [0.2, 0.25) is 0 Å². The van der Waals surface area contributed by atoms with E-state index in [1.807, 2.05) is 12.1 Å². The lowest BCUT2D eigenvalue weighted by Gasteiger charge is -2.42. The maximum Gasteiger partial charge on any atom is 0.115 e. The Kier molecular flexibility index (Phi) is 4.90. The summed E-state index contributed by atoms with van der Waals surface area (Å²) in [5.41, 5.74) is 1.89. The summed E-state index contributed by atoms with van der Waals surface area (Å²) in [4.78, 5) is 0. The zero-order valence-corrected chi connectivity index (χ0v) is 12.5. The van der Waals surface area contributed by atoms with Gasteiger partial charge in [0.25, 0.3) is 0 Å². The van der Waals surface area contributed by atoms with Crippen molar-refractivity contribution in [2.24, 2.45) is 5.41 Å². The monoisotopic (exact) mass is 260 g/mol. The van der Waals surface area contributed by atoms with Gasteiger partial charge < -0.3 is 5.11 Å². The summed E-state index contributed by atoms with van der Waals surface area (Å²) in [6.45, 7) is 4.76. The molecule has 2 atom stereocenters. The van der Waals surface area contributed by atoms with Crippen molar-refractivity contribution in [1.82, 2.24) is 0 Å². The summed E-state index contributed by atoms with van der Waals surface area (Å²) in [5, 5.41) is 9.46. The maximum absolute atomic E-state index is 9.46. The Morgan fingerprint density at radius 3 is 2.58 bits per heavy atom. The van der Waals surface area contributed by atoms with Gasteiger partial charge in [0, 0.05) is 0 Å². The zero-order chi connectivity index (χ0) is 13.7. The Labute approximate surface area is 118 Å². The van der Waals surface area contributed by atoms with Gasteiger partial charge in [-0.1, -0.05) is 58.1 Å². The van der Waals surface area contributed by atoms with E-state index in [4.69, 9.17) is 0 Å². The van der Waals surface area contributed by atoms with Crippen LogP contribution in [-0.4, -0.2) is 5.11 Å². The second kappa shape index (κ2) is 6.45. The van der Waals surface area contributed by atoms with Gasteiger partial charge in [-0.2, -0.15) is 0 Å². The molecule has 0 heterocycles. The molecule has 0 spiro atoms. The van der Waals surface area contributed by atoms with Gasteiger partial charge in [-0.05, 0) is 48.3 Å². The molecular weight excluding hydrogens is 232 g/mol. The summed E-state index contributed by atoms with van der Waals surface area (Å²) >= 11 is 0. The predicted octanol–water partition coefficient (Wildman–Crippen LogP) is 5.64. The van der Waals surface area contributed by atoms with Crippen LogP contribution < -0.4 is 0 Å². The minimum Gasteiger partial charge on any atom is -0.508 e. The number of phenolic OH excluding ortho intramolecular Hbond substituents is 1. The summed E-state index contributed by atoms with van der Waals surface area (Å²) in [6, 6.07) is 7.94. The van der Waals surface area contributed by atoms with E-state index in [0.717, 1.165) is 0 Å². The zero-order valence-electron chi connectivity index (χ0n) is 12.5. The molecule has 1 aromatic rings. The first-order valence-electron chi connectivity index (χ1n) is 7.94. The van der Waals surface area contributed by atoms with Crippen molar-refractivity contribution in [2.75, 3.05) is 0 Å². The number of aromatic hydroxyl groups is 1. The first kappa shape index (κ1) is 14.4. The molecule has 0 saturated heterocycles. The third-order valence-corrected chi connectivity index (χ3v) is 4.98. The number of unbranched alkanes of at least 4 members (excludes halogenated alkanes) is 2. The van der Waals surface area contributed by atoms with Gasteiger partial charge in [0.05, 0.1) is 0 Å². The Morgan fingerprint density at radius 2 is 1.89 bits per heavy atom. The number of phenols is 1. The average Bonchev–Trinajstić information content (AvgIpc) is 2.41. The highest BCUT2D eigenvalue weighted by molar-refractivity contribution is 5.30. The van der Waals surface area contributed by atoms with Crippen molar-refractivity contribution >= 4 is 0 Å². The molecule has 0 unspecified atom stereocenters. The molecule has 2 rings (SSSR count). The molecule has 1 heteroatoms. The molecule has 19 heavy (non-hydrogen) atoms. The number of hydrogen-bond acceptors (Lipinski definition) is 1. The molecule has 1 saturated carbocycles. The highest BCUT2D eigenvalue weighted by Crippen LogP contribution is 2.50. The molecule has 1 aliphatic rings. The fourth-order valence-electron chi connectivity index (χ4n) is 3.75. The molecule has 1 nitrogen and oxygen atoms in total. The van der Waals surface area contributed by atoms with E-state index >= 15 is 0 Å². The largest absolute Gasteiger partial charge is 0.508 e. The van der Waals surface area contributed by atoms with Crippen LogP contribution in [0.4, 0.5) is 0 Å². The van der Waals surface area contributed by atoms with E-state index in [0.29, 0.717) is 17.1 Å². The molecule has 1 aromatic carbocycles. The van der Waals surface area contributed by atoms with Crippen LogP contribution in [0.25, 0.3) is 0 Å². The number of rotatable bonds is 5. The smallest absolute Gasteiger partial charge is 0.115 e. The Balaban J connectivity index is 2.12. The minimum absolute atomic E-state index is 0.382. The second-order valence-corrected chi connectivity index (χ2v) is 6.50. The van der Waals surface area contributed by atoms with Crippen molar-refractivity contribution < 1.29 is 5.11 Å². The van der Waals surface area contributed by atoms with Crippen molar-refractivity contribution in [1.29, 1.82) is 0 Å². The van der Waals surface area contributed by atoms with Crippen molar-refractivity contribution in [3.63, 3.8) is 0 Å². The topological polar surface area (TPSA) is 20.2 Å². The van der Waals surface area contributed by atoms with Crippen LogP contribution in [-0.2, 0) is 0 Å². The van der Waals surface area contributed by atoms with Crippen LogP contribution >= 0.6 is 0 Å². The van der Waals surface area contributed by atoms with Crippen LogP contribution in [0.15, 0.2) is 24.3 Å². The third kappa shape index (κ3) is 3.52. The van der Waals surface area contributed by atoms with Crippen LogP contribution in [0.5, 0.6) is 5.75 Å². The molecule has 1 aliphatic carbocycles. The third-order valence-electron chi connectivity index (χ3n) is 4.98. The van der Waals surface area contributed by atoms with Gasteiger partial charge in [-0.25, -0.2) is 0 Å². The molecule has 0 radical (unpaired) electrons. The Bertz CT molecular complexity index is 381. The fourth-order valence-corrected chi connectivity index (χ4v) is 3.75. The second-order valence-electron chi connectivity index (χ2n) is 6.50. The van der Waals surface area contributed by atoms with Crippen LogP contribution in [0.1, 0.15) is 76.7 Å². The Hall–Kier alpha value is -0.980. The van der Waals surface area contributed by atoms with E-state index in [9.17, 15) is 5.11 Å². The quantitative estimate of drug-likeness (QED) is 0.680.